The molecule has 0 aliphatic heterocycles. The summed E-state index contributed by atoms with van der Waals surface area (Å²) in [4.78, 5) is 12.5. The lowest BCUT2D eigenvalue weighted by Crippen LogP contribution is -2.23. The van der Waals surface area contributed by atoms with E-state index in [-0.39, 0.29) is 29.2 Å². The molecule has 0 aromatic heterocycles. The number of nitrogens with zero attached hydrogens (tertiary/aromatic N) is 1. The molecule has 0 radical (unpaired) electrons. The average molecular weight is 460 g/mol. The average Bonchev–Trinajstić information content (AvgIpc) is 3.64. The molecule has 0 saturated heterocycles. The summed E-state index contributed by atoms with van der Waals surface area (Å²) in [6.45, 7) is 0.226. The second-order valence-electron chi connectivity index (χ2n) is 8.27. The number of hydrogen-bond acceptors (Lipinski definition) is 4. The Morgan fingerprint density at radius 3 is 2.18 bits per heavy atom. The normalized spacial score (nSPS) is 14.3. The minimum absolute atomic E-state index is 0.120. The smallest absolute Gasteiger partial charge is 0.240 e. The van der Waals surface area contributed by atoms with E-state index in [0.29, 0.717) is 12.1 Å². The molecular weight excluding hydrogens is 434 g/mol. The number of rotatable bonds is 9. The molecular formula is C26H25N3O3S. The quantitative estimate of drug-likeness (QED) is 0.499. The minimum Gasteiger partial charge on any atom is -0.326 e. The van der Waals surface area contributed by atoms with Gasteiger partial charge in [-0.15, -0.1) is 0 Å². The Kier molecular flexibility index (Phi) is 6.59. The van der Waals surface area contributed by atoms with Crippen LogP contribution in [-0.2, 0) is 33.2 Å². The van der Waals surface area contributed by atoms with E-state index in [2.05, 4.69) is 16.1 Å². The first-order valence-electron chi connectivity index (χ1n) is 10.8. The van der Waals surface area contributed by atoms with Gasteiger partial charge in [0.25, 0.3) is 0 Å². The maximum Gasteiger partial charge on any atom is 0.240 e. The van der Waals surface area contributed by atoms with Crippen LogP contribution in [-0.4, -0.2) is 14.3 Å². The van der Waals surface area contributed by atoms with E-state index in [1.807, 2.05) is 54.6 Å². The maximum absolute atomic E-state index is 12.5. The Balaban J connectivity index is 1.27. The molecule has 1 aliphatic carbocycles. The van der Waals surface area contributed by atoms with E-state index in [9.17, 15) is 18.5 Å². The summed E-state index contributed by atoms with van der Waals surface area (Å²) in [5.41, 5.74) is 3.13. The Bertz CT molecular complexity index is 1260. The molecule has 1 amide bonds. The Labute approximate surface area is 194 Å². The number of aryl methyl sites for hydroxylation is 1. The fourth-order valence-electron chi connectivity index (χ4n) is 3.64. The van der Waals surface area contributed by atoms with Crippen LogP contribution >= 0.6 is 0 Å². The van der Waals surface area contributed by atoms with Crippen molar-refractivity contribution in [1.82, 2.24) is 4.72 Å². The molecule has 1 saturated carbocycles. The lowest BCUT2D eigenvalue weighted by Gasteiger charge is -2.10. The van der Waals surface area contributed by atoms with Gasteiger partial charge in [-0.3, -0.25) is 4.79 Å². The first-order chi connectivity index (χ1) is 15.9. The summed E-state index contributed by atoms with van der Waals surface area (Å²) in [5, 5.41) is 12.2. The van der Waals surface area contributed by atoms with Crippen molar-refractivity contribution in [2.24, 2.45) is 0 Å². The molecule has 3 aromatic rings. The first-order valence-corrected chi connectivity index (χ1v) is 12.3. The molecule has 1 fully saturated rings. The third-order valence-corrected chi connectivity index (χ3v) is 7.29. The summed E-state index contributed by atoms with van der Waals surface area (Å²) in [5.74, 6) is -0.120. The van der Waals surface area contributed by atoms with Gasteiger partial charge in [-0.05, 0) is 60.2 Å². The van der Waals surface area contributed by atoms with Gasteiger partial charge in [-0.25, -0.2) is 13.1 Å². The molecule has 0 heterocycles. The molecule has 2 N–H and O–H groups in total. The molecule has 3 aromatic carbocycles. The molecule has 168 valence electrons. The van der Waals surface area contributed by atoms with Crippen LogP contribution in [0, 0.1) is 11.3 Å². The minimum atomic E-state index is -3.61. The molecule has 0 bridgehead atoms. The predicted octanol–water partition coefficient (Wildman–Crippen LogP) is 4.29. The van der Waals surface area contributed by atoms with Crippen LogP contribution in [0.15, 0.2) is 83.8 Å². The second kappa shape index (κ2) is 9.57. The van der Waals surface area contributed by atoms with Crippen molar-refractivity contribution in [2.75, 3.05) is 5.32 Å². The van der Waals surface area contributed by atoms with Crippen LogP contribution < -0.4 is 10.0 Å². The number of anilines is 1. The van der Waals surface area contributed by atoms with Crippen molar-refractivity contribution in [3.05, 3.63) is 95.6 Å². The van der Waals surface area contributed by atoms with Crippen molar-refractivity contribution in [1.29, 1.82) is 5.26 Å². The van der Waals surface area contributed by atoms with Gasteiger partial charge in [0.1, 0.15) is 0 Å². The van der Waals surface area contributed by atoms with Gasteiger partial charge in [-0.1, -0.05) is 54.6 Å². The Morgan fingerprint density at radius 2 is 1.58 bits per heavy atom. The van der Waals surface area contributed by atoms with Crippen molar-refractivity contribution in [3.63, 3.8) is 0 Å². The Hall–Kier alpha value is -3.47. The highest BCUT2D eigenvalue weighted by Gasteiger charge is 2.44. The van der Waals surface area contributed by atoms with Gasteiger partial charge in [0.2, 0.25) is 15.9 Å². The Morgan fingerprint density at radius 1 is 0.909 bits per heavy atom. The third kappa shape index (κ3) is 5.67. The molecule has 6 nitrogen and oxygen atoms in total. The third-order valence-electron chi connectivity index (χ3n) is 5.87. The topological polar surface area (TPSA) is 99.1 Å². The number of amides is 1. The maximum atomic E-state index is 12.5. The van der Waals surface area contributed by atoms with Crippen molar-refractivity contribution in [2.45, 2.75) is 42.5 Å². The number of hydrogen-bond donors (Lipinski definition) is 2. The lowest BCUT2D eigenvalue weighted by atomic mass is 9.98. The summed E-state index contributed by atoms with van der Waals surface area (Å²) < 4.78 is 27.6. The molecule has 1 aliphatic rings. The van der Waals surface area contributed by atoms with Crippen molar-refractivity contribution in [3.8, 4) is 6.07 Å². The number of benzene rings is 3. The van der Waals surface area contributed by atoms with Gasteiger partial charge in [0.15, 0.2) is 0 Å². The summed E-state index contributed by atoms with van der Waals surface area (Å²) >= 11 is 0. The fraction of sp³-hybridized carbons (Fsp3) is 0.231. The molecule has 0 atom stereocenters. The van der Waals surface area contributed by atoms with Crippen molar-refractivity contribution < 1.29 is 13.2 Å². The van der Waals surface area contributed by atoms with Gasteiger partial charge in [-0.2, -0.15) is 5.26 Å². The fourth-order valence-corrected chi connectivity index (χ4v) is 4.65. The SMILES string of the molecule is N#CC1(c2ccc(NC(=O)CCc3ccc(S(=O)(=O)NCc4ccccc4)cc3)cc2)CC1. The van der Waals surface area contributed by atoms with Crippen LogP contribution in [0.2, 0.25) is 0 Å². The zero-order valence-electron chi connectivity index (χ0n) is 18.1. The lowest BCUT2D eigenvalue weighted by molar-refractivity contribution is -0.116. The highest BCUT2D eigenvalue weighted by atomic mass is 32.2. The highest BCUT2D eigenvalue weighted by Crippen LogP contribution is 2.47. The van der Waals surface area contributed by atoms with Gasteiger partial charge >= 0.3 is 0 Å². The van der Waals surface area contributed by atoms with E-state index in [1.165, 1.54) is 0 Å². The number of carbonyl (C=O) groups excluding carboxylic acids is 1. The van der Waals surface area contributed by atoms with Crippen LogP contribution in [0.25, 0.3) is 0 Å². The van der Waals surface area contributed by atoms with Crippen LogP contribution in [0.3, 0.4) is 0 Å². The number of carbonyl (C=O) groups is 1. The molecule has 7 heteroatoms. The van der Waals surface area contributed by atoms with Crippen molar-refractivity contribution >= 4 is 21.6 Å². The van der Waals surface area contributed by atoms with E-state index in [0.717, 1.165) is 29.5 Å². The zero-order chi connectivity index (χ0) is 23.3. The second-order valence-corrected chi connectivity index (χ2v) is 10.0. The number of sulfonamides is 1. The standard InChI is InChI=1S/C26H25N3O3S/c27-19-26(16-17-26)22-9-11-23(12-10-22)29-25(30)15-8-20-6-13-24(14-7-20)33(31,32)28-18-21-4-2-1-3-5-21/h1-7,9-14,28H,8,15-18H2,(H,29,30). The predicted molar refractivity (Wildman–Crippen MR) is 127 cm³/mol. The first kappa shape index (κ1) is 22.7. The van der Waals surface area contributed by atoms with E-state index < -0.39 is 10.0 Å². The monoisotopic (exact) mass is 459 g/mol. The van der Waals surface area contributed by atoms with E-state index in [4.69, 9.17) is 0 Å². The summed E-state index contributed by atoms with van der Waals surface area (Å²) in [6, 6.07) is 25.7. The van der Waals surface area contributed by atoms with Gasteiger partial charge in [0.05, 0.1) is 16.4 Å². The van der Waals surface area contributed by atoms with Crippen LogP contribution in [0.1, 0.15) is 36.0 Å². The van der Waals surface area contributed by atoms with E-state index in [1.54, 1.807) is 24.3 Å². The summed E-state index contributed by atoms with van der Waals surface area (Å²) in [7, 11) is -3.61. The van der Waals surface area contributed by atoms with Gasteiger partial charge < -0.3 is 5.32 Å². The molecule has 0 spiro atoms. The largest absolute Gasteiger partial charge is 0.326 e. The van der Waals surface area contributed by atoms with Crippen LogP contribution in [0.4, 0.5) is 5.69 Å². The van der Waals surface area contributed by atoms with Gasteiger partial charge in [0, 0.05) is 18.7 Å². The summed E-state index contributed by atoms with van der Waals surface area (Å²) in [6.07, 6.45) is 2.55. The highest BCUT2D eigenvalue weighted by molar-refractivity contribution is 7.89. The number of nitrogens with one attached hydrogen (secondary N) is 2. The number of nitriles is 1. The zero-order valence-corrected chi connectivity index (χ0v) is 18.9. The molecule has 4 rings (SSSR count). The molecule has 33 heavy (non-hydrogen) atoms. The van der Waals surface area contributed by atoms with Crippen LogP contribution in [0.5, 0.6) is 0 Å². The van der Waals surface area contributed by atoms with E-state index >= 15 is 0 Å². The molecule has 0 unspecified atom stereocenters.